The van der Waals surface area contributed by atoms with Gasteiger partial charge in [-0.15, -0.1) is 0 Å². The molecule has 0 saturated heterocycles. The van der Waals surface area contributed by atoms with E-state index >= 15 is 0 Å². The van der Waals surface area contributed by atoms with Gasteiger partial charge in [-0.05, 0) is 36.8 Å². The number of benzene rings is 1. The number of halogens is 2. The molecule has 0 radical (unpaired) electrons. The van der Waals surface area contributed by atoms with Gasteiger partial charge in [0.15, 0.2) is 5.82 Å². The van der Waals surface area contributed by atoms with E-state index in [1.165, 1.54) is 0 Å². The lowest BCUT2D eigenvalue weighted by molar-refractivity contribution is 0.0933. The van der Waals surface area contributed by atoms with Gasteiger partial charge >= 0.3 is 0 Å². The van der Waals surface area contributed by atoms with E-state index in [9.17, 15) is 13.6 Å². The number of ether oxygens (including phenoxy) is 1. The third kappa shape index (κ3) is 3.25. The fraction of sp³-hybridized carbons (Fsp3) is 0.500. The van der Waals surface area contributed by atoms with Crippen LogP contribution < -0.4 is 11.1 Å². The van der Waals surface area contributed by atoms with Crippen molar-refractivity contribution in [1.82, 2.24) is 5.32 Å². The highest BCUT2D eigenvalue weighted by atomic mass is 19.1. The lowest BCUT2D eigenvalue weighted by Crippen LogP contribution is -2.31. The Morgan fingerprint density at radius 1 is 1.45 bits per heavy atom. The van der Waals surface area contributed by atoms with Gasteiger partial charge < -0.3 is 15.8 Å². The standard InChI is InChI=1S/C14H18F2N2O2/c1-20-5-4-14(2-3-14)8-18-13(19)10-6-9(15)7-11(17)12(10)16/h6-7H,2-5,8,17H2,1H3,(H,18,19). The van der Waals surface area contributed by atoms with Crippen LogP contribution in [-0.2, 0) is 4.74 Å². The quantitative estimate of drug-likeness (QED) is 0.786. The maximum atomic E-state index is 13.7. The highest BCUT2D eigenvalue weighted by Gasteiger charge is 2.42. The molecule has 0 heterocycles. The Bertz CT molecular complexity index is 516. The average molecular weight is 284 g/mol. The highest BCUT2D eigenvalue weighted by molar-refractivity contribution is 5.95. The minimum absolute atomic E-state index is 0.0427. The second kappa shape index (κ2) is 5.75. The van der Waals surface area contributed by atoms with E-state index in [0.29, 0.717) is 13.2 Å². The second-order valence-corrected chi connectivity index (χ2v) is 5.28. The van der Waals surface area contributed by atoms with Crippen LogP contribution in [0.25, 0.3) is 0 Å². The van der Waals surface area contributed by atoms with Crippen LogP contribution in [0.4, 0.5) is 14.5 Å². The van der Waals surface area contributed by atoms with Crippen LogP contribution in [0.5, 0.6) is 0 Å². The first-order valence-electron chi connectivity index (χ1n) is 6.49. The fourth-order valence-corrected chi connectivity index (χ4v) is 2.15. The number of nitrogens with two attached hydrogens (primary N) is 1. The zero-order chi connectivity index (χ0) is 14.8. The Labute approximate surface area is 116 Å². The van der Waals surface area contributed by atoms with Crippen LogP contribution >= 0.6 is 0 Å². The summed E-state index contributed by atoms with van der Waals surface area (Å²) in [6.07, 6.45) is 2.85. The van der Waals surface area contributed by atoms with E-state index in [1.54, 1.807) is 7.11 Å². The molecular formula is C14H18F2N2O2. The number of nitrogen functional groups attached to an aromatic ring is 1. The molecule has 2 rings (SSSR count). The summed E-state index contributed by atoms with van der Waals surface area (Å²) in [4.78, 5) is 11.9. The molecule has 4 nitrogen and oxygen atoms in total. The third-order valence-corrected chi connectivity index (χ3v) is 3.73. The van der Waals surface area contributed by atoms with Crippen LogP contribution in [0, 0.1) is 17.0 Å². The predicted octanol–water partition coefficient (Wildman–Crippen LogP) is 2.09. The molecule has 1 aliphatic rings. The molecule has 1 fully saturated rings. The monoisotopic (exact) mass is 284 g/mol. The van der Waals surface area contributed by atoms with Gasteiger partial charge in [0.05, 0.1) is 11.3 Å². The van der Waals surface area contributed by atoms with Crippen molar-refractivity contribution < 1.29 is 18.3 Å². The van der Waals surface area contributed by atoms with Gasteiger partial charge in [0.1, 0.15) is 5.82 Å². The smallest absolute Gasteiger partial charge is 0.254 e. The van der Waals surface area contributed by atoms with Gasteiger partial charge in [-0.3, -0.25) is 4.79 Å². The topological polar surface area (TPSA) is 64.3 Å². The Hall–Kier alpha value is -1.69. The summed E-state index contributed by atoms with van der Waals surface area (Å²) in [5.41, 5.74) is 4.63. The Morgan fingerprint density at radius 2 is 2.15 bits per heavy atom. The summed E-state index contributed by atoms with van der Waals surface area (Å²) < 4.78 is 31.9. The van der Waals surface area contributed by atoms with Crippen molar-refractivity contribution in [3.8, 4) is 0 Å². The zero-order valence-electron chi connectivity index (χ0n) is 11.3. The fourth-order valence-electron chi connectivity index (χ4n) is 2.15. The molecule has 0 aliphatic heterocycles. The first-order chi connectivity index (χ1) is 9.47. The van der Waals surface area contributed by atoms with Crippen LogP contribution in [0.2, 0.25) is 0 Å². The van der Waals surface area contributed by atoms with Crippen molar-refractivity contribution >= 4 is 11.6 Å². The Morgan fingerprint density at radius 3 is 2.75 bits per heavy atom. The summed E-state index contributed by atoms with van der Waals surface area (Å²) in [6.45, 7) is 1.06. The molecular weight excluding hydrogens is 266 g/mol. The van der Waals surface area contributed by atoms with Crippen molar-refractivity contribution in [1.29, 1.82) is 0 Å². The lowest BCUT2D eigenvalue weighted by Gasteiger charge is -2.16. The first kappa shape index (κ1) is 14.7. The highest BCUT2D eigenvalue weighted by Crippen LogP contribution is 2.48. The zero-order valence-corrected chi connectivity index (χ0v) is 11.3. The summed E-state index contributed by atoms with van der Waals surface area (Å²) in [6, 6.07) is 1.71. The largest absolute Gasteiger partial charge is 0.396 e. The van der Waals surface area contributed by atoms with Gasteiger partial charge in [-0.1, -0.05) is 0 Å². The molecule has 0 bridgehead atoms. The normalized spacial score (nSPS) is 15.9. The number of nitrogens with one attached hydrogen (secondary N) is 1. The van der Waals surface area contributed by atoms with Gasteiger partial charge in [0.25, 0.3) is 5.91 Å². The molecule has 3 N–H and O–H groups in total. The Kier molecular flexibility index (Phi) is 4.23. The summed E-state index contributed by atoms with van der Waals surface area (Å²) in [7, 11) is 1.62. The average Bonchev–Trinajstić information content (AvgIpc) is 3.18. The number of hydrogen-bond donors (Lipinski definition) is 2. The molecule has 0 aromatic heterocycles. The van der Waals surface area contributed by atoms with Crippen molar-refractivity contribution in [3.05, 3.63) is 29.3 Å². The lowest BCUT2D eigenvalue weighted by atomic mass is 10.0. The van der Waals surface area contributed by atoms with Crippen LogP contribution in [-0.4, -0.2) is 26.2 Å². The van der Waals surface area contributed by atoms with E-state index in [2.05, 4.69) is 5.32 Å². The number of amides is 1. The molecule has 0 unspecified atom stereocenters. The maximum Gasteiger partial charge on any atom is 0.254 e. The first-order valence-corrected chi connectivity index (χ1v) is 6.49. The number of methoxy groups -OCH3 is 1. The van der Waals surface area contributed by atoms with E-state index in [-0.39, 0.29) is 16.7 Å². The number of carbonyl (C=O) groups is 1. The molecule has 20 heavy (non-hydrogen) atoms. The second-order valence-electron chi connectivity index (χ2n) is 5.28. The summed E-state index contributed by atoms with van der Waals surface area (Å²) >= 11 is 0. The molecule has 1 aliphatic carbocycles. The Balaban J connectivity index is 1.99. The van der Waals surface area contributed by atoms with E-state index < -0.39 is 17.5 Å². The molecule has 1 saturated carbocycles. The van der Waals surface area contributed by atoms with Gasteiger partial charge in [-0.2, -0.15) is 0 Å². The van der Waals surface area contributed by atoms with Crippen molar-refractivity contribution in [2.45, 2.75) is 19.3 Å². The molecule has 1 amide bonds. The molecule has 110 valence electrons. The van der Waals surface area contributed by atoms with E-state index in [4.69, 9.17) is 10.5 Å². The molecule has 0 spiro atoms. The predicted molar refractivity (Wildman–Crippen MR) is 71.3 cm³/mol. The van der Waals surface area contributed by atoms with E-state index in [0.717, 1.165) is 31.4 Å². The third-order valence-electron chi connectivity index (χ3n) is 3.73. The summed E-state index contributed by atoms with van der Waals surface area (Å²) in [5, 5.41) is 2.65. The molecule has 1 aromatic rings. The number of anilines is 1. The molecule has 6 heteroatoms. The van der Waals surface area contributed by atoms with E-state index in [1.807, 2.05) is 0 Å². The van der Waals surface area contributed by atoms with Gasteiger partial charge in [0, 0.05) is 20.3 Å². The van der Waals surface area contributed by atoms with Crippen molar-refractivity contribution in [2.75, 3.05) is 26.0 Å². The van der Waals surface area contributed by atoms with Crippen molar-refractivity contribution in [2.24, 2.45) is 5.41 Å². The SMILES string of the molecule is COCCC1(CNC(=O)c2cc(F)cc(N)c2F)CC1. The number of hydrogen-bond acceptors (Lipinski definition) is 3. The van der Waals surface area contributed by atoms with Crippen LogP contribution in [0.15, 0.2) is 12.1 Å². The number of carbonyl (C=O) groups excluding carboxylic acids is 1. The molecule has 1 aromatic carbocycles. The van der Waals surface area contributed by atoms with Gasteiger partial charge in [-0.25, -0.2) is 8.78 Å². The van der Waals surface area contributed by atoms with Crippen LogP contribution in [0.3, 0.4) is 0 Å². The maximum absolute atomic E-state index is 13.7. The summed E-state index contributed by atoms with van der Waals surface area (Å²) in [5.74, 6) is -2.25. The minimum atomic E-state index is -0.884. The number of rotatable bonds is 6. The van der Waals surface area contributed by atoms with Crippen molar-refractivity contribution in [3.63, 3.8) is 0 Å². The minimum Gasteiger partial charge on any atom is -0.396 e. The van der Waals surface area contributed by atoms with Crippen LogP contribution in [0.1, 0.15) is 29.6 Å². The van der Waals surface area contributed by atoms with Gasteiger partial charge in [0.2, 0.25) is 0 Å². The molecule has 0 atom stereocenters.